The van der Waals surface area contributed by atoms with Gasteiger partial charge >= 0.3 is 5.97 Å². The van der Waals surface area contributed by atoms with Crippen LogP contribution in [0.15, 0.2) is 12.1 Å². The molecule has 0 fully saturated rings. The molecule has 1 aromatic carbocycles. The molecular formula is C16H12Cl2F2N2O4. The number of benzene rings is 1. The molecule has 0 atom stereocenters. The standard InChI is InChI=1S/C16H12Cl2F2N2O4/c1-6(23)21-10-5-9(22-14(12(10)17)16(24)26-3)11-7(19)4-8(20)15(25-2)13(11)18/h4-5H,1-3H3,(H,21,22,23). The Bertz CT molecular complexity index is 907. The van der Waals surface area contributed by atoms with E-state index in [4.69, 9.17) is 27.9 Å². The van der Waals surface area contributed by atoms with E-state index in [1.54, 1.807) is 0 Å². The number of anilines is 1. The number of nitrogens with zero attached hydrogens (tertiary/aromatic N) is 1. The van der Waals surface area contributed by atoms with E-state index in [2.05, 4.69) is 15.0 Å². The van der Waals surface area contributed by atoms with Crippen LogP contribution in [0.2, 0.25) is 10.0 Å². The Morgan fingerprint density at radius 3 is 2.31 bits per heavy atom. The van der Waals surface area contributed by atoms with Crippen molar-refractivity contribution in [1.82, 2.24) is 4.98 Å². The van der Waals surface area contributed by atoms with Crippen molar-refractivity contribution in [3.05, 3.63) is 39.5 Å². The molecule has 0 unspecified atom stereocenters. The molecule has 0 aliphatic carbocycles. The predicted octanol–water partition coefficient (Wildman–Crippen LogP) is 4.09. The smallest absolute Gasteiger partial charge is 0.358 e. The number of amides is 1. The zero-order valence-electron chi connectivity index (χ0n) is 13.7. The Hall–Kier alpha value is -2.45. The molecule has 26 heavy (non-hydrogen) atoms. The van der Waals surface area contributed by atoms with E-state index in [0.717, 1.165) is 14.2 Å². The number of methoxy groups -OCH3 is 2. The van der Waals surface area contributed by atoms with E-state index in [1.165, 1.54) is 13.0 Å². The molecule has 1 amide bonds. The van der Waals surface area contributed by atoms with Gasteiger partial charge < -0.3 is 14.8 Å². The third-order valence-electron chi connectivity index (χ3n) is 3.24. The van der Waals surface area contributed by atoms with Crippen LogP contribution in [0, 0.1) is 11.6 Å². The highest BCUT2D eigenvalue weighted by Gasteiger charge is 2.25. The first kappa shape index (κ1) is 19.9. The van der Waals surface area contributed by atoms with Gasteiger partial charge in [-0.15, -0.1) is 0 Å². The molecule has 0 bridgehead atoms. The van der Waals surface area contributed by atoms with Gasteiger partial charge in [0.1, 0.15) is 5.82 Å². The minimum atomic E-state index is -1.05. The number of aromatic nitrogens is 1. The fourth-order valence-corrected chi connectivity index (χ4v) is 2.74. The summed E-state index contributed by atoms with van der Waals surface area (Å²) in [5, 5.41) is 1.79. The van der Waals surface area contributed by atoms with Gasteiger partial charge in [0.2, 0.25) is 5.91 Å². The zero-order chi connectivity index (χ0) is 19.6. The van der Waals surface area contributed by atoms with Gasteiger partial charge in [-0.1, -0.05) is 23.2 Å². The van der Waals surface area contributed by atoms with Crippen LogP contribution >= 0.6 is 23.2 Å². The van der Waals surface area contributed by atoms with Crippen molar-refractivity contribution in [2.75, 3.05) is 19.5 Å². The summed E-state index contributed by atoms with van der Waals surface area (Å²) in [6.45, 7) is 1.21. The molecule has 0 aliphatic heterocycles. The van der Waals surface area contributed by atoms with E-state index >= 15 is 0 Å². The third kappa shape index (κ3) is 3.71. The molecule has 6 nitrogen and oxygen atoms in total. The Morgan fingerprint density at radius 2 is 1.77 bits per heavy atom. The van der Waals surface area contributed by atoms with Crippen LogP contribution in [0.3, 0.4) is 0 Å². The number of ether oxygens (including phenoxy) is 2. The van der Waals surface area contributed by atoms with Crippen LogP contribution in [0.4, 0.5) is 14.5 Å². The van der Waals surface area contributed by atoms with Gasteiger partial charge in [-0.3, -0.25) is 4.79 Å². The lowest BCUT2D eigenvalue weighted by atomic mass is 10.1. The number of carbonyl (C=O) groups is 2. The Kier molecular flexibility index (Phi) is 5.99. The minimum absolute atomic E-state index is 0.0247. The number of carbonyl (C=O) groups excluding carboxylic acids is 2. The van der Waals surface area contributed by atoms with Gasteiger partial charge in [0, 0.05) is 13.0 Å². The summed E-state index contributed by atoms with van der Waals surface area (Å²) in [5.74, 6) is -3.88. The summed E-state index contributed by atoms with van der Waals surface area (Å²) in [7, 11) is 2.25. The van der Waals surface area contributed by atoms with Crippen LogP contribution in [0.1, 0.15) is 17.4 Å². The average molecular weight is 405 g/mol. The number of hydrogen-bond acceptors (Lipinski definition) is 5. The van der Waals surface area contributed by atoms with E-state index < -0.39 is 34.3 Å². The van der Waals surface area contributed by atoms with Crippen LogP contribution in [-0.2, 0) is 9.53 Å². The minimum Gasteiger partial charge on any atom is -0.492 e. The Balaban J connectivity index is 2.82. The Labute approximate surface area is 157 Å². The van der Waals surface area contributed by atoms with Crippen LogP contribution in [0.5, 0.6) is 5.75 Å². The molecule has 2 aromatic rings. The number of halogens is 4. The quantitative estimate of drug-likeness (QED) is 0.776. The first-order valence-electron chi connectivity index (χ1n) is 6.99. The van der Waals surface area contributed by atoms with Crippen molar-refractivity contribution in [3.8, 4) is 17.0 Å². The highest BCUT2D eigenvalue weighted by molar-refractivity contribution is 6.37. The second-order valence-electron chi connectivity index (χ2n) is 4.95. The summed E-state index contributed by atoms with van der Waals surface area (Å²) < 4.78 is 37.5. The van der Waals surface area contributed by atoms with Gasteiger partial charge in [-0.2, -0.15) is 0 Å². The number of esters is 1. The lowest BCUT2D eigenvalue weighted by molar-refractivity contribution is -0.114. The van der Waals surface area contributed by atoms with Crippen molar-refractivity contribution in [2.24, 2.45) is 0 Å². The number of nitrogens with one attached hydrogen (secondary N) is 1. The van der Waals surface area contributed by atoms with Gasteiger partial charge in [0.25, 0.3) is 0 Å². The van der Waals surface area contributed by atoms with Gasteiger partial charge in [0.15, 0.2) is 17.3 Å². The van der Waals surface area contributed by atoms with E-state index in [0.29, 0.717) is 6.07 Å². The van der Waals surface area contributed by atoms with Crippen molar-refractivity contribution >= 4 is 40.8 Å². The molecule has 138 valence electrons. The van der Waals surface area contributed by atoms with Crippen LogP contribution < -0.4 is 10.1 Å². The summed E-state index contributed by atoms with van der Waals surface area (Å²) in [6.07, 6.45) is 0. The van der Waals surface area contributed by atoms with E-state index in [1.807, 2.05) is 0 Å². The Morgan fingerprint density at radius 1 is 1.12 bits per heavy atom. The van der Waals surface area contributed by atoms with Crippen molar-refractivity contribution < 1.29 is 27.8 Å². The second-order valence-corrected chi connectivity index (χ2v) is 5.71. The molecule has 1 heterocycles. The lowest BCUT2D eigenvalue weighted by Crippen LogP contribution is -2.12. The fraction of sp³-hybridized carbons (Fsp3) is 0.188. The molecule has 0 saturated carbocycles. The van der Waals surface area contributed by atoms with Gasteiger partial charge in [-0.05, 0) is 6.07 Å². The van der Waals surface area contributed by atoms with E-state index in [9.17, 15) is 18.4 Å². The fourth-order valence-electron chi connectivity index (χ4n) is 2.16. The summed E-state index contributed by atoms with van der Waals surface area (Å²) in [5.41, 5.74) is -0.921. The number of rotatable bonds is 4. The molecule has 1 N–H and O–H groups in total. The molecule has 1 aromatic heterocycles. The maximum absolute atomic E-state index is 14.4. The van der Waals surface area contributed by atoms with Crippen molar-refractivity contribution in [2.45, 2.75) is 6.92 Å². The molecule has 0 spiro atoms. The van der Waals surface area contributed by atoms with E-state index in [-0.39, 0.29) is 27.7 Å². The van der Waals surface area contributed by atoms with Gasteiger partial charge in [-0.25, -0.2) is 18.6 Å². The molecule has 0 aliphatic rings. The second kappa shape index (κ2) is 7.84. The molecular weight excluding hydrogens is 393 g/mol. The first-order chi connectivity index (χ1) is 12.2. The third-order valence-corrected chi connectivity index (χ3v) is 3.98. The first-order valence-corrected chi connectivity index (χ1v) is 7.75. The summed E-state index contributed by atoms with van der Waals surface area (Å²) >= 11 is 12.1. The van der Waals surface area contributed by atoms with Crippen molar-refractivity contribution in [3.63, 3.8) is 0 Å². The summed E-state index contributed by atoms with van der Waals surface area (Å²) in [4.78, 5) is 27.2. The maximum atomic E-state index is 14.4. The SMILES string of the molecule is COC(=O)c1nc(-c2c(F)cc(F)c(OC)c2Cl)cc(NC(C)=O)c1Cl. The highest BCUT2D eigenvalue weighted by Crippen LogP contribution is 2.40. The zero-order valence-corrected chi connectivity index (χ0v) is 15.3. The molecule has 2 rings (SSSR count). The normalized spacial score (nSPS) is 10.4. The van der Waals surface area contributed by atoms with Crippen molar-refractivity contribution in [1.29, 1.82) is 0 Å². The highest BCUT2D eigenvalue weighted by atomic mass is 35.5. The lowest BCUT2D eigenvalue weighted by Gasteiger charge is -2.14. The predicted molar refractivity (Wildman–Crippen MR) is 91.8 cm³/mol. The topological polar surface area (TPSA) is 77.5 Å². The molecule has 0 radical (unpaired) electrons. The maximum Gasteiger partial charge on any atom is 0.358 e. The van der Waals surface area contributed by atoms with Crippen LogP contribution in [-0.4, -0.2) is 31.1 Å². The van der Waals surface area contributed by atoms with Crippen LogP contribution in [0.25, 0.3) is 11.3 Å². The average Bonchev–Trinajstić information content (AvgIpc) is 2.56. The number of hydrogen-bond donors (Lipinski definition) is 1. The number of pyridine rings is 1. The summed E-state index contributed by atoms with van der Waals surface area (Å²) in [6, 6.07) is 1.75. The monoisotopic (exact) mass is 404 g/mol. The van der Waals surface area contributed by atoms with Gasteiger partial charge in [0.05, 0.1) is 41.2 Å². The largest absolute Gasteiger partial charge is 0.492 e. The molecule has 0 saturated heterocycles. The molecule has 10 heteroatoms.